The van der Waals surface area contributed by atoms with E-state index in [1.54, 1.807) is 35.0 Å². The summed E-state index contributed by atoms with van der Waals surface area (Å²) in [6.45, 7) is 0.312. The van der Waals surface area contributed by atoms with E-state index in [4.69, 9.17) is 11.6 Å². The third-order valence-electron chi connectivity index (χ3n) is 3.47. The second kappa shape index (κ2) is 7.67. The van der Waals surface area contributed by atoms with Crippen molar-refractivity contribution in [3.63, 3.8) is 0 Å². The zero-order valence-electron chi connectivity index (χ0n) is 13.2. The first-order valence-corrected chi connectivity index (χ1v) is 8.95. The number of amides is 1. The van der Waals surface area contributed by atoms with Crippen molar-refractivity contribution in [3.8, 4) is 5.69 Å². The lowest BCUT2D eigenvalue weighted by Gasteiger charge is -2.11. The van der Waals surface area contributed by atoms with Crippen molar-refractivity contribution < 1.29 is 9.18 Å². The molecule has 3 rings (SSSR count). The van der Waals surface area contributed by atoms with Crippen molar-refractivity contribution >= 4 is 29.3 Å². The summed E-state index contributed by atoms with van der Waals surface area (Å²) in [5.74, 6) is -0.622. The van der Waals surface area contributed by atoms with Gasteiger partial charge in [-0.2, -0.15) is 0 Å². The summed E-state index contributed by atoms with van der Waals surface area (Å²) < 4.78 is 14.9. The van der Waals surface area contributed by atoms with Crippen LogP contribution in [0.4, 0.5) is 4.39 Å². The first kappa shape index (κ1) is 17.4. The van der Waals surface area contributed by atoms with Crippen LogP contribution in [0.2, 0.25) is 5.15 Å². The maximum absolute atomic E-state index is 13.2. The molecular weight excluding hydrogens is 363 g/mol. The molecule has 0 aliphatic rings. The highest BCUT2D eigenvalue weighted by atomic mass is 35.5. The summed E-state index contributed by atoms with van der Waals surface area (Å²) in [5, 5.41) is 3.87. The Hall–Kier alpha value is -2.38. The van der Waals surface area contributed by atoms with Gasteiger partial charge in [0.25, 0.3) is 5.91 Å². The number of nitrogens with one attached hydrogen (secondary N) is 1. The number of hydrogen-bond acceptors (Lipinski definition) is 4. The van der Waals surface area contributed by atoms with Crippen LogP contribution in [0.1, 0.15) is 16.1 Å². The number of pyridine rings is 1. The molecule has 2 aromatic heterocycles. The maximum atomic E-state index is 13.2. The number of hydrogen-bond donors (Lipinski definition) is 1. The normalized spacial score (nSPS) is 10.7. The number of rotatable bonds is 5. The minimum absolute atomic E-state index is 0.285. The van der Waals surface area contributed by atoms with Gasteiger partial charge in [0.1, 0.15) is 16.7 Å². The Labute approximate surface area is 153 Å². The molecule has 0 bridgehead atoms. The Bertz CT molecular complexity index is 881. The minimum atomic E-state index is -0.337. The van der Waals surface area contributed by atoms with Gasteiger partial charge in [-0.15, -0.1) is 0 Å². The predicted octanol–water partition coefficient (Wildman–Crippen LogP) is 3.71. The number of aromatic nitrogens is 3. The number of benzene rings is 1. The molecular formula is C17H14ClFN4OS. The number of nitrogens with zero attached hydrogens (tertiary/aromatic N) is 3. The molecule has 0 fully saturated rings. The lowest BCUT2D eigenvalue weighted by atomic mass is 10.2. The summed E-state index contributed by atoms with van der Waals surface area (Å²) in [5.41, 5.74) is 1.87. The number of carbonyl (C=O) groups excluding carboxylic acids is 1. The van der Waals surface area contributed by atoms with Gasteiger partial charge >= 0.3 is 0 Å². The van der Waals surface area contributed by atoms with Gasteiger partial charge in [0.05, 0.1) is 6.20 Å². The fourth-order valence-electron chi connectivity index (χ4n) is 2.26. The Morgan fingerprint density at radius 3 is 2.60 bits per heavy atom. The molecule has 0 atom stereocenters. The molecule has 0 radical (unpaired) electrons. The van der Waals surface area contributed by atoms with Crippen LogP contribution in [0.15, 0.2) is 53.9 Å². The first-order valence-electron chi connectivity index (χ1n) is 7.35. The number of thioether (sulfide) groups is 1. The fraction of sp³-hybridized carbons (Fsp3) is 0.118. The van der Waals surface area contributed by atoms with Gasteiger partial charge in [-0.3, -0.25) is 9.36 Å². The quantitative estimate of drug-likeness (QED) is 0.544. The third kappa shape index (κ3) is 4.00. The highest BCUT2D eigenvalue weighted by Crippen LogP contribution is 2.22. The van der Waals surface area contributed by atoms with Crippen molar-refractivity contribution in [2.75, 3.05) is 6.26 Å². The average molecular weight is 377 g/mol. The van der Waals surface area contributed by atoms with E-state index < -0.39 is 0 Å². The molecule has 128 valence electrons. The molecule has 0 spiro atoms. The van der Waals surface area contributed by atoms with Crippen molar-refractivity contribution in [2.24, 2.45) is 0 Å². The van der Waals surface area contributed by atoms with Gasteiger partial charge in [0.2, 0.25) is 0 Å². The molecule has 3 aromatic rings. The van der Waals surface area contributed by atoms with E-state index in [0.717, 1.165) is 5.56 Å². The van der Waals surface area contributed by atoms with Crippen LogP contribution in [-0.4, -0.2) is 26.7 Å². The molecule has 2 heterocycles. The lowest BCUT2D eigenvalue weighted by molar-refractivity contribution is 0.0943. The van der Waals surface area contributed by atoms with E-state index in [1.165, 1.54) is 30.1 Å². The lowest BCUT2D eigenvalue weighted by Crippen LogP contribution is -2.25. The van der Waals surface area contributed by atoms with E-state index in [-0.39, 0.29) is 11.7 Å². The van der Waals surface area contributed by atoms with E-state index in [9.17, 15) is 9.18 Å². The number of carbonyl (C=O) groups is 1. The van der Waals surface area contributed by atoms with Gasteiger partial charge in [0.15, 0.2) is 5.16 Å². The van der Waals surface area contributed by atoms with Crippen LogP contribution in [0, 0.1) is 5.82 Å². The Balaban J connectivity index is 1.84. The molecule has 25 heavy (non-hydrogen) atoms. The Morgan fingerprint density at radius 2 is 1.96 bits per heavy atom. The second-order valence-electron chi connectivity index (χ2n) is 5.11. The second-order valence-corrected chi connectivity index (χ2v) is 6.27. The van der Waals surface area contributed by atoms with Gasteiger partial charge in [0, 0.05) is 18.4 Å². The van der Waals surface area contributed by atoms with Crippen LogP contribution in [0.3, 0.4) is 0 Å². The number of imidazole rings is 1. The molecule has 1 aromatic carbocycles. The van der Waals surface area contributed by atoms with Crippen molar-refractivity contribution in [2.45, 2.75) is 11.7 Å². The minimum Gasteiger partial charge on any atom is -0.347 e. The predicted molar refractivity (Wildman–Crippen MR) is 95.7 cm³/mol. The number of halogens is 2. The van der Waals surface area contributed by atoms with E-state index in [0.29, 0.717) is 28.2 Å². The summed E-state index contributed by atoms with van der Waals surface area (Å²) in [4.78, 5) is 20.8. The van der Waals surface area contributed by atoms with Gasteiger partial charge in [-0.1, -0.05) is 29.4 Å². The van der Waals surface area contributed by atoms with Gasteiger partial charge in [-0.25, -0.2) is 14.4 Å². The molecule has 0 saturated heterocycles. The van der Waals surface area contributed by atoms with E-state index in [2.05, 4.69) is 15.3 Å². The molecule has 8 heteroatoms. The standard InChI is InChI=1S/C17H14ClFN4OS/c1-25-17-22-10-14(23(17)13-5-3-12(19)4-6-13)16(24)21-9-11-2-7-15(18)20-8-11/h2-8,10H,9H2,1H3,(H,21,24). The van der Waals surface area contributed by atoms with Crippen LogP contribution in [0.25, 0.3) is 5.69 Å². The summed E-state index contributed by atoms with van der Waals surface area (Å²) >= 11 is 7.15. The summed E-state index contributed by atoms with van der Waals surface area (Å²) in [6, 6.07) is 9.37. The molecule has 5 nitrogen and oxygen atoms in total. The van der Waals surface area contributed by atoms with Crippen molar-refractivity contribution in [1.29, 1.82) is 0 Å². The molecule has 1 amide bonds. The van der Waals surface area contributed by atoms with Crippen LogP contribution >= 0.6 is 23.4 Å². The summed E-state index contributed by atoms with van der Waals surface area (Å²) in [7, 11) is 0. The van der Waals surface area contributed by atoms with Gasteiger partial charge < -0.3 is 5.32 Å². The topological polar surface area (TPSA) is 59.8 Å². The average Bonchev–Trinajstić information content (AvgIpc) is 3.06. The highest BCUT2D eigenvalue weighted by molar-refractivity contribution is 7.98. The fourth-order valence-corrected chi connectivity index (χ4v) is 2.92. The van der Waals surface area contributed by atoms with E-state index >= 15 is 0 Å². The third-order valence-corrected chi connectivity index (χ3v) is 4.35. The first-order chi connectivity index (χ1) is 12.1. The van der Waals surface area contributed by atoms with Crippen LogP contribution < -0.4 is 5.32 Å². The summed E-state index contributed by atoms with van der Waals surface area (Å²) in [6.07, 6.45) is 4.97. The molecule has 1 N–H and O–H groups in total. The SMILES string of the molecule is CSc1ncc(C(=O)NCc2ccc(Cl)nc2)n1-c1ccc(F)cc1. The largest absolute Gasteiger partial charge is 0.347 e. The van der Waals surface area contributed by atoms with E-state index in [1.807, 2.05) is 6.26 Å². The molecule has 0 aliphatic carbocycles. The monoisotopic (exact) mass is 376 g/mol. The van der Waals surface area contributed by atoms with Crippen molar-refractivity contribution in [3.05, 3.63) is 71.0 Å². The Kier molecular flexibility index (Phi) is 5.35. The zero-order chi connectivity index (χ0) is 17.8. The smallest absolute Gasteiger partial charge is 0.270 e. The van der Waals surface area contributed by atoms with Crippen LogP contribution in [-0.2, 0) is 6.54 Å². The molecule has 0 saturated carbocycles. The highest BCUT2D eigenvalue weighted by Gasteiger charge is 2.17. The maximum Gasteiger partial charge on any atom is 0.270 e. The zero-order valence-corrected chi connectivity index (χ0v) is 14.8. The van der Waals surface area contributed by atoms with Gasteiger partial charge in [-0.05, 0) is 42.2 Å². The Morgan fingerprint density at radius 1 is 1.20 bits per heavy atom. The van der Waals surface area contributed by atoms with Crippen LogP contribution in [0.5, 0.6) is 0 Å². The van der Waals surface area contributed by atoms with Crippen molar-refractivity contribution in [1.82, 2.24) is 19.9 Å². The molecule has 0 aliphatic heterocycles. The molecule has 0 unspecified atom stereocenters.